The van der Waals surface area contributed by atoms with Crippen molar-refractivity contribution in [1.29, 1.82) is 0 Å². The average Bonchev–Trinajstić information content (AvgIpc) is 3.23. The van der Waals surface area contributed by atoms with Gasteiger partial charge in [-0.1, -0.05) is 19.1 Å². The molecule has 0 heterocycles. The van der Waals surface area contributed by atoms with E-state index < -0.39 is 0 Å². The van der Waals surface area contributed by atoms with Gasteiger partial charge in [0.2, 0.25) is 0 Å². The molecule has 2 rings (SSSR count). The summed E-state index contributed by atoms with van der Waals surface area (Å²) in [6.45, 7) is 5.95. The molecule has 1 fully saturated rings. The van der Waals surface area contributed by atoms with Crippen LogP contribution < -0.4 is 5.32 Å². The molecule has 0 aliphatic heterocycles. The Morgan fingerprint density at radius 3 is 2.89 bits per heavy atom. The minimum absolute atomic E-state index is 0.160. The molecule has 1 aromatic carbocycles. The highest BCUT2D eigenvalue weighted by Gasteiger charge is 2.26. The molecule has 0 spiro atoms. The zero-order valence-corrected chi connectivity index (χ0v) is 11.3. The van der Waals surface area contributed by atoms with Crippen LogP contribution in [-0.2, 0) is 6.54 Å². The molecule has 1 aromatic rings. The van der Waals surface area contributed by atoms with E-state index in [1.54, 1.807) is 12.1 Å². The molecule has 1 saturated carbocycles. The third kappa shape index (κ3) is 4.29. The molecular weight excluding hydrogens is 242 g/mol. The van der Waals surface area contributed by atoms with E-state index in [2.05, 4.69) is 17.1 Å². The SMILES string of the molecule is CCN(CCNCc1cccc([N+](=O)[O-])c1)C1CC1. The number of benzene rings is 1. The summed E-state index contributed by atoms with van der Waals surface area (Å²) in [6.07, 6.45) is 2.66. The molecule has 0 atom stereocenters. The number of nitro benzene ring substituents is 1. The summed E-state index contributed by atoms with van der Waals surface area (Å²) in [5.74, 6) is 0. The second-order valence-electron chi connectivity index (χ2n) is 4.96. The van der Waals surface area contributed by atoms with E-state index >= 15 is 0 Å². The molecule has 1 aliphatic rings. The number of nitro groups is 1. The predicted molar refractivity (Wildman–Crippen MR) is 75.1 cm³/mol. The fourth-order valence-corrected chi connectivity index (χ4v) is 2.27. The van der Waals surface area contributed by atoms with Crippen molar-refractivity contribution in [2.45, 2.75) is 32.4 Å². The largest absolute Gasteiger partial charge is 0.311 e. The van der Waals surface area contributed by atoms with E-state index in [0.29, 0.717) is 6.54 Å². The third-order valence-electron chi connectivity index (χ3n) is 3.50. The van der Waals surface area contributed by atoms with Crippen LogP contribution in [0.2, 0.25) is 0 Å². The first-order chi connectivity index (χ1) is 9.20. The summed E-state index contributed by atoms with van der Waals surface area (Å²) in [6, 6.07) is 7.60. The minimum atomic E-state index is -0.352. The molecule has 5 heteroatoms. The van der Waals surface area contributed by atoms with Gasteiger partial charge < -0.3 is 5.32 Å². The lowest BCUT2D eigenvalue weighted by molar-refractivity contribution is -0.384. The van der Waals surface area contributed by atoms with Crippen LogP contribution in [0.15, 0.2) is 24.3 Å². The van der Waals surface area contributed by atoms with Crippen LogP contribution in [0.5, 0.6) is 0 Å². The quantitative estimate of drug-likeness (QED) is 0.443. The molecule has 0 unspecified atom stereocenters. The van der Waals surface area contributed by atoms with Crippen molar-refractivity contribution in [3.05, 3.63) is 39.9 Å². The van der Waals surface area contributed by atoms with Gasteiger partial charge >= 0.3 is 0 Å². The average molecular weight is 263 g/mol. The van der Waals surface area contributed by atoms with Crippen molar-refractivity contribution >= 4 is 5.69 Å². The van der Waals surface area contributed by atoms with Crippen molar-refractivity contribution in [2.24, 2.45) is 0 Å². The van der Waals surface area contributed by atoms with Crippen molar-refractivity contribution in [1.82, 2.24) is 10.2 Å². The van der Waals surface area contributed by atoms with Crippen molar-refractivity contribution < 1.29 is 4.92 Å². The number of non-ortho nitro benzene ring substituents is 1. The maximum Gasteiger partial charge on any atom is 0.269 e. The smallest absolute Gasteiger partial charge is 0.269 e. The molecule has 0 amide bonds. The Hall–Kier alpha value is -1.46. The van der Waals surface area contributed by atoms with E-state index in [1.807, 2.05) is 6.07 Å². The van der Waals surface area contributed by atoms with Gasteiger partial charge in [0.1, 0.15) is 0 Å². The Morgan fingerprint density at radius 2 is 2.26 bits per heavy atom. The van der Waals surface area contributed by atoms with Crippen molar-refractivity contribution in [2.75, 3.05) is 19.6 Å². The normalized spacial score (nSPS) is 14.8. The topological polar surface area (TPSA) is 58.4 Å². The number of hydrogen-bond acceptors (Lipinski definition) is 4. The fourth-order valence-electron chi connectivity index (χ4n) is 2.27. The van der Waals surface area contributed by atoms with Crippen LogP contribution in [0.4, 0.5) is 5.69 Å². The van der Waals surface area contributed by atoms with E-state index in [4.69, 9.17) is 0 Å². The molecule has 1 aliphatic carbocycles. The highest BCUT2D eigenvalue weighted by atomic mass is 16.6. The first kappa shape index (κ1) is 14.0. The Bertz CT molecular complexity index is 432. The molecule has 0 aromatic heterocycles. The van der Waals surface area contributed by atoms with Gasteiger partial charge in [0.25, 0.3) is 5.69 Å². The Labute approximate surface area is 113 Å². The summed E-state index contributed by atoms with van der Waals surface area (Å²) < 4.78 is 0. The Kier molecular flexibility index (Phi) is 4.87. The molecule has 0 radical (unpaired) electrons. The lowest BCUT2D eigenvalue weighted by atomic mass is 10.2. The standard InChI is InChI=1S/C14H21N3O2/c1-2-16(13-6-7-13)9-8-15-11-12-4-3-5-14(10-12)17(18)19/h3-5,10,13,15H,2,6-9,11H2,1H3. The first-order valence-corrected chi connectivity index (χ1v) is 6.89. The van der Waals surface area contributed by atoms with Gasteiger partial charge in [-0.25, -0.2) is 0 Å². The van der Waals surface area contributed by atoms with E-state index in [1.165, 1.54) is 18.9 Å². The van der Waals surface area contributed by atoms with Crippen LogP contribution in [0.25, 0.3) is 0 Å². The van der Waals surface area contributed by atoms with Crippen molar-refractivity contribution in [3.63, 3.8) is 0 Å². The van der Waals surface area contributed by atoms with E-state index in [0.717, 1.165) is 31.2 Å². The monoisotopic (exact) mass is 263 g/mol. The van der Waals surface area contributed by atoms with Crippen LogP contribution in [0.3, 0.4) is 0 Å². The van der Waals surface area contributed by atoms with Crippen molar-refractivity contribution in [3.8, 4) is 0 Å². The molecule has 104 valence electrons. The van der Waals surface area contributed by atoms with Gasteiger partial charge in [-0.15, -0.1) is 0 Å². The van der Waals surface area contributed by atoms with Crippen LogP contribution in [-0.4, -0.2) is 35.5 Å². The zero-order valence-electron chi connectivity index (χ0n) is 11.3. The van der Waals surface area contributed by atoms with Crippen LogP contribution >= 0.6 is 0 Å². The Morgan fingerprint density at radius 1 is 1.47 bits per heavy atom. The van der Waals surface area contributed by atoms with Gasteiger partial charge in [0.15, 0.2) is 0 Å². The Balaban J connectivity index is 1.73. The molecule has 19 heavy (non-hydrogen) atoms. The molecule has 0 saturated heterocycles. The summed E-state index contributed by atoms with van der Waals surface area (Å²) in [7, 11) is 0. The summed E-state index contributed by atoms with van der Waals surface area (Å²) in [5.41, 5.74) is 1.12. The van der Waals surface area contributed by atoms with Gasteiger partial charge in [0, 0.05) is 37.8 Å². The second-order valence-corrected chi connectivity index (χ2v) is 4.96. The highest BCUT2D eigenvalue weighted by Crippen LogP contribution is 2.25. The zero-order chi connectivity index (χ0) is 13.7. The summed E-state index contributed by atoms with van der Waals surface area (Å²) in [4.78, 5) is 12.8. The minimum Gasteiger partial charge on any atom is -0.311 e. The number of hydrogen-bond donors (Lipinski definition) is 1. The van der Waals surface area contributed by atoms with Gasteiger partial charge in [-0.3, -0.25) is 15.0 Å². The first-order valence-electron chi connectivity index (χ1n) is 6.89. The lowest BCUT2D eigenvalue weighted by Gasteiger charge is -2.19. The number of rotatable bonds is 8. The van der Waals surface area contributed by atoms with E-state index in [9.17, 15) is 10.1 Å². The third-order valence-corrected chi connectivity index (χ3v) is 3.50. The lowest BCUT2D eigenvalue weighted by Crippen LogP contribution is -2.33. The number of nitrogens with zero attached hydrogens (tertiary/aromatic N) is 2. The second kappa shape index (κ2) is 6.63. The fraction of sp³-hybridized carbons (Fsp3) is 0.571. The number of nitrogens with one attached hydrogen (secondary N) is 1. The van der Waals surface area contributed by atoms with Gasteiger partial charge in [-0.05, 0) is 24.9 Å². The molecular formula is C14H21N3O2. The summed E-state index contributed by atoms with van der Waals surface area (Å²) >= 11 is 0. The molecule has 5 nitrogen and oxygen atoms in total. The summed E-state index contributed by atoms with van der Waals surface area (Å²) in [5, 5.41) is 14.0. The number of likely N-dealkylation sites (N-methyl/N-ethyl adjacent to an activating group) is 1. The maximum atomic E-state index is 10.7. The predicted octanol–water partition coefficient (Wildman–Crippen LogP) is 2.17. The molecule has 0 bridgehead atoms. The highest BCUT2D eigenvalue weighted by molar-refractivity contribution is 5.34. The van der Waals surface area contributed by atoms with E-state index in [-0.39, 0.29) is 10.6 Å². The molecule has 1 N–H and O–H groups in total. The maximum absolute atomic E-state index is 10.7. The van der Waals surface area contributed by atoms with Gasteiger partial charge in [-0.2, -0.15) is 0 Å². The van der Waals surface area contributed by atoms with Crippen LogP contribution in [0.1, 0.15) is 25.3 Å². The van der Waals surface area contributed by atoms with Gasteiger partial charge in [0.05, 0.1) is 4.92 Å². The van der Waals surface area contributed by atoms with Crippen LogP contribution in [0, 0.1) is 10.1 Å².